The third kappa shape index (κ3) is 4.75. The Labute approximate surface area is 194 Å². The van der Waals surface area contributed by atoms with Gasteiger partial charge in [0.15, 0.2) is 0 Å². The summed E-state index contributed by atoms with van der Waals surface area (Å²) in [7, 11) is 1.46. The fraction of sp³-hybridized carbons (Fsp3) is 0.115. The lowest BCUT2D eigenvalue weighted by Gasteiger charge is -2.09. The van der Waals surface area contributed by atoms with Crippen molar-refractivity contribution < 1.29 is 33.0 Å². The predicted octanol–water partition coefficient (Wildman–Crippen LogP) is 4.99. The number of ether oxygens (including phenoxy) is 4. The summed E-state index contributed by atoms with van der Waals surface area (Å²) in [6.45, 7) is 2.00. The molecule has 0 unspecified atom stereocenters. The van der Waals surface area contributed by atoms with Crippen molar-refractivity contribution in [3.8, 4) is 23.0 Å². The van der Waals surface area contributed by atoms with Crippen molar-refractivity contribution in [2.75, 3.05) is 13.7 Å². The Morgan fingerprint density at radius 2 is 1.62 bits per heavy atom. The zero-order valence-electron chi connectivity index (χ0n) is 18.4. The zero-order chi connectivity index (χ0) is 24.1. The van der Waals surface area contributed by atoms with Crippen molar-refractivity contribution >= 4 is 22.9 Å². The van der Waals surface area contributed by atoms with E-state index in [-0.39, 0.29) is 34.6 Å². The quantitative estimate of drug-likeness (QED) is 0.281. The average Bonchev–Trinajstić information content (AvgIpc) is 2.86. The number of esters is 2. The number of para-hydroxylation sites is 1. The van der Waals surface area contributed by atoms with E-state index in [0.29, 0.717) is 17.1 Å². The largest absolute Gasteiger partial charge is 0.496 e. The molecule has 172 valence electrons. The van der Waals surface area contributed by atoms with Gasteiger partial charge >= 0.3 is 11.9 Å². The molecule has 1 heterocycles. The number of carbonyl (C=O) groups is 2. The number of benzene rings is 3. The summed E-state index contributed by atoms with van der Waals surface area (Å²) in [5.74, 6) is -0.143. The Morgan fingerprint density at radius 3 is 2.35 bits per heavy atom. The molecule has 0 bridgehead atoms. The van der Waals surface area contributed by atoms with Crippen molar-refractivity contribution in [3.63, 3.8) is 0 Å². The number of rotatable bonds is 7. The van der Waals surface area contributed by atoms with Crippen LogP contribution in [-0.2, 0) is 4.74 Å². The van der Waals surface area contributed by atoms with E-state index in [9.17, 15) is 14.4 Å². The van der Waals surface area contributed by atoms with E-state index in [0.717, 1.165) is 0 Å². The fourth-order valence-corrected chi connectivity index (χ4v) is 3.20. The molecule has 34 heavy (non-hydrogen) atoms. The molecule has 0 saturated heterocycles. The summed E-state index contributed by atoms with van der Waals surface area (Å²) in [6, 6.07) is 17.3. The SMILES string of the molecule is CCOC(=O)c1ccc(Oc2coc3cc(OC(=O)c4ccccc4OC)ccc3c2=O)cc1. The van der Waals surface area contributed by atoms with Gasteiger partial charge in [-0.15, -0.1) is 0 Å². The minimum Gasteiger partial charge on any atom is -0.496 e. The zero-order valence-corrected chi connectivity index (χ0v) is 18.4. The molecule has 0 aliphatic carbocycles. The standard InChI is InChI=1S/C26H20O8/c1-3-31-25(28)16-8-10-17(11-9-16)33-23-15-32-22-14-18(12-13-19(22)24(23)27)34-26(29)20-6-4-5-7-21(20)30-2/h4-15H,3H2,1-2H3. The van der Waals surface area contributed by atoms with Gasteiger partial charge in [-0.25, -0.2) is 9.59 Å². The predicted molar refractivity (Wildman–Crippen MR) is 123 cm³/mol. The lowest BCUT2D eigenvalue weighted by atomic mass is 10.2. The smallest absolute Gasteiger partial charge is 0.347 e. The van der Waals surface area contributed by atoms with Gasteiger partial charge in [-0.2, -0.15) is 0 Å². The monoisotopic (exact) mass is 460 g/mol. The van der Waals surface area contributed by atoms with Crippen molar-refractivity contribution in [2.45, 2.75) is 6.92 Å². The molecular formula is C26H20O8. The first-order valence-electron chi connectivity index (χ1n) is 10.4. The molecule has 3 aromatic carbocycles. The molecular weight excluding hydrogens is 440 g/mol. The molecule has 0 N–H and O–H groups in total. The summed E-state index contributed by atoms with van der Waals surface area (Å²) in [5.41, 5.74) is 0.456. The van der Waals surface area contributed by atoms with Crippen LogP contribution in [0.1, 0.15) is 27.6 Å². The number of carbonyl (C=O) groups excluding carboxylic acids is 2. The van der Waals surface area contributed by atoms with Gasteiger partial charge in [-0.1, -0.05) is 12.1 Å². The van der Waals surface area contributed by atoms with Crippen LogP contribution in [0.15, 0.2) is 82.2 Å². The number of hydrogen-bond donors (Lipinski definition) is 0. The molecule has 4 aromatic rings. The molecule has 8 heteroatoms. The maximum atomic E-state index is 12.8. The Bertz CT molecular complexity index is 1400. The summed E-state index contributed by atoms with van der Waals surface area (Å²) in [5, 5.41) is 0.248. The third-order valence-electron chi connectivity index (χ3n) is 4.85. The minimum absolute atomic E-state index is 0.0323. The first-order chi connectivity index (χ1) is 16.5. The normalized spacial score (nSPS) is 10.5. The van der Waals surface area contributed by atoms with Crippen LogP contribution in [0.25, 0.3) is 11.0 Å². The van der Waals surface area contributed by atoms with Gasteiger partial charge in [0.05, 0.1) is 24.7 Å². The molecule has 0 saturated carbocycles. The van der Waals surface area contributed by atoms with E-state index in [1.54, 1.807) is 55.5 Å². The Balaban J connectivity index is 1.53. The highest BCUT2D eigenvalue weighted by atomic mass is 16.5. The van der Waals surface area contributed by atoms with Crippen LogP contribution in [0, 0.1) is 0 Å². The van der Waals surface area contributed by atoms with E-state index in [1.165, 1.54) is 31.6 Å². The molecule has 0 spiro atoms. The average molecular weight is 460 g/mol. The highest BCUT2D eigenvalue weighted by Gasteiger charge is 2.16. The van der Waals surface area contributed by atoms with E-state index < -0.39 is 17.4 Å². The third-order valence-corrected chi connectivity index (χ3v) is 4.85. The molecule has 0 amide bonds. The van der Waals surface area contributed by atoms with E-state index in [4.69, 9.17) is 23.4 Å². The Kier molecular flexibility index (Phi) is 6.59. The molecule has 0 aliphatic heterocycles. The van der Waals surface area contributed by atoms with Gasteiger partial charge in [0, 0.05) is 6.07 Å². The molecule has 0 fully saturated rings. The van der Waals surface area contributed by atoms with Crippen molar-refractivity contribution in [1.82, 2.24) is 0 Å². The maximum Gasteiger partial charge on any atom is 0.347 e. The van der Waals surface area contributed by atoms with Crippen molar-refractivity contribution in [1.29, 1.82) is 0 Å². The Hall–Kier alpha value is -4.59. The second-order valence-electron chi connectivity index (χ2n) is 7.02. The maximum absolute atomic E-state index is 12.8. The van der Waals surface area contributed by atoms with Gasteiger partial charge in [-0.3, -0.25) is 4.79 Å². The molecule has 1 aromatic heterocycles. The highest BCUT2D eigenvalue weighted by Crippen LogP contribution is 2.26. The lowest BCUT2D eigenvalue weighted by molar-refractivity contribution is 0.0526. The Morgan fingerprint density at radius 1 is 0.882 bits per heavy atom. The van der Waals surface area contributed by atoms with Gasteiger partial charge in [0.25, 0.3) is 0 Å². The van der Waals surface area contributed by atoms with E-state index in [2.05, 4.69) is 0 Å². The van der Waals surface area contributed by atoms with Crippen molar-refractivity contribution in [2.24, 2.45) is 0 Å². The van der Waals surface area contributed by atoms with Crippen molar-refractivity contribution in [3.05, 3.63) is 94.3 Å². The number of methoxy groups -OCH3 is 1. The number of hydrogen-bond acceptors (Lipinski definition) is 8. The van der Waals surface area contributed by atoms with Gasteiger partial charge in [0.2, 0.25) is 11.2 Å². The lowest BCUT2D eigenvalue weighted by Crippen LogP contribution is -2.10. The molecule has 0 aliphatic rings. The fourth-order valence-electron chi connectivity index (χ4n) is 3.20. The van der Waals surface area contributed by atoms with Gasteiger partial charge in [0.1, 0.15) is 34.7 Å². The first kappa shape index (κ1) is 22.6. The van der Waals surface area contributed by atoms with Crippen LogP contribution < -0.4 is 19.6 Å². The van der Waals surface area contributed by atoms with Crippen LogP contribution in [0.3, 0.4) is 0 Å². The molecule has 8 nitrogen and oxygen atoms in total. The summed E-state index contributed by atoms with van der Waals surface area (Å²) in [4.78, 5) is 37.1. The van der Waals surface area contributed by atoms with Crippen LogP contribution in [0.4, 0.5) is 0 Å². The van der Waals surface area contributed by atoms with Gasteiger partial charge in [-0.05, 0) is 55.5 Å². The topological polar surface area (TPSA) is 101 Å². The first-order valence-corrected chi connectivity index (χ1v) is 10.4. The van der Waals surface area contributed by atoms with Gasteiger partial charge < -0.3 is 23.4 Å². The van der Waals surface area contributed by atoms with E-state index >= 15 is 0 Å². The van der Waals surface area contributed by atoms with Crippen LogP contribution in [0.5, 0.6) is 23.0 Å². The van der Waals surface area contributed by atoms with E-state index in [1.807, 2.05) is 0 Å². The highest BCUT2D eigenvalue weighted by molar-refractivity contribution is 5.94. The summed E-state index contributed by atoms with van der Waals surface area (Å²) >= 11 is 0. The second kappa shape index (κ2) is 9.91. The number of fused-ring (bicyclic) bond motifs is 1. The summed E-state index contributed by atoms with van der Waals surface area (Å²) in [6.07, 6.45) is 1.18. The molecule has 0 radical (unpaired) electrons. The van der Waals surface area contributed by atoms with Crippen LogP contribution in [-0.4, -0.2) is 25.7 Å². The second-order valence-corrected chi connectivity index (χ2v) is 7.02. The van der Waals surface area contributed by atoms with Crippen LogP contribution in [0.2, 0.25) is 0 Å². The summed E-state index contributed by atoms with van der Waals surface area (Å²) < 4.78 is 26.7. The molecule has 0 atom stereocenters. The molecule has 4 rings (SSSR count). The van der Waals surface area contributed by atoms with Crippen LogP contribution >= 0.6 is 0 Å². The minimum atomic E-state index is -0.606.